The number of nitrogen functional groups attached to an aromatic ring is 1. The predicted octanol–water partition coefficient (Wildman–Crippen LogP) is 0.678. The van der Waals surface area contributed by atoms with E-state index in [9.17, 15) is 4.79 Å². The summed E-state index contributed by atoms with van der Waals surface area (Å²) in [4.78, 5) is 16.0. The third-order valence-corrected chi connectivity index (χ3v) is 2.81. The number of carbonyl (C=O) groups is 1. The average Bonchev–Trinajstić information content (AvgIpc) is 2.87. The van der Waals surface area contributed by atoms with Gasteiger partial charge in [-0.1, -0.05) is 12.1 Å². The van der Waals surface area contributed by atoms with Crippen molar-refractivity contribution in [1.82, 2.24) is 20.1 Å². The summed E-state index contributed by atoms with van der Waals surface area (Å²) in [6, 6.07) is 7.26. The van der Waals surface area contributed by atoms with E-state index in [-0.39, 0.29) is 18.5 Å². The second-order valence-corrected chi connectivity index (χ2v) is 4.82. The normalized spacial score (nSPS) is 12.1. The fourth-order valence-corrected chi connectivity index (χ4v) is 1.94. The van der Waals surface area contributed by atoms with Crippen LogP contribution in [0.25, 0.3) is 11.4 Å². The van der Waals surface area contributed by atoms with Crippen molar-refractivity contribution in [3.05, 3.63) is 30.6 Å². The van der Waals surface area contributed by atoms with Crippen LogP contribution in [-0.2, 0) is 16.1 Å². The third kappa shape index (κ3) is 4.28. The number of hydrogen-bond acceptors (Lipinski definition) is 5. The van der Waals surface area contributed by atoms with Gasteiger partial charge in [-0.15, -0.1) is 0 Å². The van der Waals surface area contributed by atoms with Crippen LogP contribution in [0, 0.1) is 0 Å². The minimum atomic E-state index is -0.136. The number of nitrogens with one attached hydrogen (secondary N) is 1. The summed E-state index contributed by atoms with van der Waals surface area (Å²) in [5.74, 6) is 0.406. The fourth-order valence-electron chi connectivity index (χ4n) is 1.94. The molecule has 0 radical (unpaired) electrons. The van der Waals surface area contributed by atoms with Crippen molar-refractivity contribution in [2.24, 2.45) is 0 Å². The number of methoxy groups -OCH3 is 1. The number of benzene rings is 1. The van der Waals surface area contributed by atoms with Crippen molar-refractivity contribution in [2.75, 3.05) is 19.5 Å². The molecule has 1 amide bonds. The lowest BCUT2D eigenvalue weighted by molar-refractivity contribution is -0.122. The highest BCUT2D eigenvalue weighted by Gasteiger charge is 2.10. The fraction of sp³-hybridized carbons (Fsp3) is 0.357. The molecule has 1 unspecified atom stereocenters. The molecule has 0 saturated carbocycles. The van der Waals surface area contributed by atoms with Gasteiger partial charge in [0.1, 0.15) is 12.9 Å². The predicted molar refractivity (Wildman–Crippen MR) is 79.4 cm³/mol. The van der Waals surface area contributed by atoms with Gasteiger partial charge in [0.05, 0.1) is 6.61 Å². The molecule has 2 aromatic rings. The van der Waals surface area contributed by atoms with Crippen molar-refractivity contribution in [1.29, 1.82) is 0 Å². The Labute approximate surface area is 123 Å². The first-order chi connectivity index (χ1) is 10.1. The van der Waals surface area contributed by atoms with Gasteiger partial charge < -0.3 is 15.8 Å². The van der Waals surface area contributed by atoms with Crippen LogP contribution in [-0.4, -0.2) is 40.4 Å². The van der Waals surface area contributed by atoms with E-state index in [1.807, 2.05) is 19.1 Å². The van der Waals surface area contributed by atoms with Crippen LogP contribution in [0.3, 0.4) is 0 Å². The van der Waals surface area contributed by atoms with Gasteiger partial charge in [-0.3, -0.25) is 4.79 Å². The van der Waals surface area contributed by atoms with Gasteiger partial charge in [-0.2, -0.15) is 5.10 Å². The Balaban J connectivity index is 1.99. The molecule has 1 atom stereocenters. The maximum Gasteiger partial charge on any atom is 0.242 e. The van der Waals surface area contributed by atoms with E-state index in [1.165, 1.54) is 11.0 Å². The van der Waals surface area contributed by atoms with Crippen molar-refractivity contribution in [2.45, 2.75) is 19.5 Å². The summed E-state index contributed by atoms with van der Waals surface area (Å²) in [7, 11) is 1.60. The molecule has 1 aromatic heterocycles. The Bertz CT molecular complexity index is 611. The Hall–Kier alpha value is -2.41. The topological polar surface area (TPSA) is 95.1 Å². The van der Waals surface area contributed by atoms with Crippen molar-refractivity contribution < 1.29 is 9.53 Å². The minimum absolute atomic E-state index is 0.0422. The van der Waals surface area contributed by atoms with Crippen LogP contribution in [0.15, 0.2) is 30.6 Å². The average molecular weight is 289 g/mol. The van der Waals surface area contributed by atoms with E-state index >= 15 is 0 Å². The van der Waals surface area contributed by atoms with Gasteiger partial charge in [0, 0.05) is 24.4 Å². The van der Waals surface area contributed by atoms with Gasteiger partial charge in [-0.05, 0) is 19.1 Å². The van der Waals surface area contributed by atoms with Crippen molar-refractivity contribution in [3.8, 4) is 11.4 Å². The van der Waals surface area contributed by atoms with E-state index in [2.05, 4.69) is 15.4 Å². The molecule has 0 saturated heterocycles. The number of nitrogens with zero attached hydrogens (tertiary/aromatic N) is 3. The SMILES string of the molecule is COCC(C)NC(=O)Cn1cnc(-c2cccc(N)c2)n1. The second kappa shape index (κ2) is 6.85. The van der Waals surface area contributed by atoms with E-state index in [0.29, 0.717) is 18.1 Å². The summed E-state index contributed by atoms with van der Waals surface area (Å²) >= 11 is 0. The molecule has 7 heteroatoms. The lowest BCUT2D eigenvalue weighted by atomic mass is 10.2. The molecule has 1 heterocycles. The Morgan fingerprint density at radius 1 is 1.52 bits per heavy atom. The maximum absolute atomic E-state index is 11.8. The quantitative estimate of drug-likeness (QED) is 0.762. The zero-order valence-electron chi connectivity index (χ0n) is 12.1. The molecule has 0 fully saturated rings. The first kappa shape index (κ1) is 15.0. The smallest absolute Gasteiger partial charge is 0.242 e. The summed E-state index contributed by atoms with van der Waals surface area (Å²) < 4.78 is 6.46. The number of hydrogen-bond donors (Lipinski definition) is 2. The molecule has 0 spiro atoms. The first-order valence-electron chi connectivity index (χ1n) is 6.62. The zero-order chi connectivity index (χ0) is 15.2. The number of anilines is 1. The summed E-state index contributed by atoms with van der Waals surface area (Å²) in [5.41, 5.74) is 7.20. The largest absolute Gasteiger partial charge is 0.399 e. The molecular formula is C14H19N5O2. The van der Waals surface area contributed by atoms with E-state index in [4.69, 9.17) is 10.5 Å². The number of nitrogens with two attached hydrogens (primary N) is 1. The van der Waals surface area contributed by atoms with E-state index in [1.54, 1.807) is 19.2 Å². The molecule has 21 heavy (non-hydrogen) atoms. The molecule has 3 N–H and O–H groups in total. The Morgan fingerprint density at radius 3 is 3.05 bits per heavy atom. The van der Waals surface area contributed by atoms with Crippen molar-refractivity contribution >= 4 is 11.6 Å². The lowest BCUT2D eigenvalue weighted by Gasteiger charge is -2.12. The summed E-state index contributed by atoms with van der Waals surface area (Å²) in [6.45, 7) is 2.46. The van der Waals surface area contributed by atoms with Crippen LogP contribution in [0.4, 0.5) is 5.69 Å². The number of aromatic nitrogens is 3. The first-order valence-corrected chi connectivity index (χ1v) is 6.62. The lowest BCUT2D eigenvalue weighted by Crippen LogP contribution is -2.37. The van der Waals surface area contributed by atoms with Crippen LogP contribution in [0.5, 0.6) is 0 Å². The number of carbonyl (C=O) groups excluding carboxylic acids is 1. The summed E-state index contributed by atoms with van der Waals surface area (Å²) in [5, 5.41) is 7.09. The van der Waals surface area contributed by atoms with Gasteiger partial charge in [-0.25, -0.2) is 9.67 Å². The van der Waals surface area contributed by atoms with Crippen LogP contribution < -0.4 is 11.1 Å². The van der Waals surface area contributed by atoms with E-state index in [0.717, 1.165) is 5.56 Å². The number of amides is 1. The molecule has 0 aliphatic rings. The zero-order valence-corrected chi connectivity index (χ0v) is 12.1. The Kier molecular flexibility index (Phi) is 4.89. The monoisotopic (exact) mass is 289 g/mol. The minimum Gasteiger partial charge on any atom is -0.399 e. The Morgan fingerprint density at radius 2 is 2.33 bits per heavy atom. The highest BCUT2D eigenvalue weighted by atomic mass is 16.5. The molecule has 7 nitrogen and oxygen atoms in total. The molecule has 2 rings (SSSR count). The van der Waals surface area contributed by atoms with Gasteiger partial charge in [0.2, 0.25) is 5.91 Å². The number of rotatable bonds is 6. The molecule has 0 aliphatic carbocycles. The highest BCUT2D eigenvalue weighted by molar-refractivity contribution is 5.76. The van der Waals surface area contributed by atoms with Crippen molar-refractivity contribution in [3.63, 3.8) is 0 Å². The molecule has 112 valence electrons. The molecule has 0 bridgehead atoms. The molecule has 1 aromatic carbocycles. The second-order valence-electron chi connectivity index (χ2n) is 4.82. The third-order valence-electron chi connectivity index (χ3n) is 2.81. The number of ether oxygens (including phenoxy) is 1. The van der Waals surface area contributed by atoms with Crippen LogP contribution in [0.2, 0.25) is 0 Å². The van der Waals surface area contributed by atoms with Gasteiger partial charge in [0.15, 0.2) is 5.82 Å². The maximum atomic E-state index is 11.8. The van der Waals surface area contributed by atoms with Gasteiger partial charge >= 0.3 is 0 Å². The van der Waals surface area contributed by atoms with Crippen LogP contribution >= 0.6 is 0 Å². The highest BCUT2D eigenvalue weighted by Crippen LogP contribution is 2.16. The molecular weight excluding hydrogens is 270 g/mol. The molecule has 0 aliphatic heterocycles. The van der Waals surface area contributed by atoms with E-state index < -0.39 is 0 Å². The standard InChI is InChI=1S/C14H19N5O2/c1-10(8-21-2)17-13(20)7-19-9-16-14(18-19)11-4-3-5-12(15)6-11/h3-6,9-10H,7-8,15H2,1-2H3,(H,17,20). The van der Waals surface area contributed by atoms with Gasteiger partial charge in [0.25, 0.3) is 0 Å². The summed E-state index contributed by atoms with van der Waals surface area (Å²) in [6.07, 6.45) is 1.53. The van der Waals surface area contributed by atoms with Crippen LogP contribution in [0.1, 0.15) is 6.92 Å².